The smallest absolute Gasteiger partial charge is 0.291 e. The topological polar surface area (TPSA) is 64.0 Å². The number of aryl methyl sites for hydroxylation is 1. The molecule has 5 nitrogen and oxygen atoms in total. The number of halogens is 2. The van der Waals surface area contributed by atoms with E-state index in [9.17, 15) is 14.0 Å². The van der Waals surface area contributed by atoms with Gasteiger partial charge in [-0.05, 0) is 32.0 Å². The molecule has 0 unspecified atom stereocenters. The first kappa shape index (κ1) is 18.8. The molecule has 0 radical (unpaired) electrons. The van der Waals surface area contributed by atoms with E-state index in [-0.39, 0.29) is 22.1 Å². The van der Waals surface area contributed by atoms with Gasteiger partial charge in [-0.15, -0.1) is 0 Å². The number of ketones is 1. The molecule has 0 aliphatic carbocycles. The van der Waals surface area contributed by atoms with Gasteiger partial charge in [0.25, 0.3) is 5.56 Å². The average Bonchev–Trinajstić information content (AvgIpc) is 2.66. The molecule has 0 atom stereocenters. The molecule has 0 aliphatic heterocycles. The Morgan fingerprint density at radius 3 is 2.52 bits per heavy atom. The summed E-state index contributed by atoms with van der Waals surface area (Å²) in [5.41, 5.74) is 1.33. The summed E-state index contributed by atoms with van der Waals surface area (Å²) in [6.45, 7) is 3.49. The number of rotatable bonds is 5. The van der Waals surface area contributed by atoms with Crippen molar-refractivity contribution in [1.29, 1.82) is 0 Å². The van der Waals surface area contributed by atoms with Gasteiger partial charge >= 0.3 is 0 Å². The van der Waals surface area contributed by atoms with Crippen LogP contribution in [0.4, 0.5) is 15.8 Å². The van der Waals surface area contributed by atoms with Gasteiger partial charge in [0.05, 0.1) is 10.6 Å². The molecule has 0 fully saturated rings. The molecule has 3 rings (SSSR count). The van der Waals surface area contributed by atoms with Crippen molar-refractivity contribution in [2.24, 2.45) is 0 Å². The largest absolute Gasteiger partial charge is 0.350 e. The minimum absolute atomic E-state index is 0.0841. The molecule has 0 amide bonds. The van der Waals surface area contributed by atoms with E-state index in [4.69, 9.17) is 11.6 Å². The summed E-state index contributed by atoms with van der Waals surface area (Å²) in [6.07, 6.45) is 0. The molecule has 1 aromatic heterocycles. The van der Waals surface area contributed by atoms with E-state index < -0.39 is 11.4 Å². The number of nitrogens with zero attached hydrogens (tertiary/aromatic N) is 2. The monoisotopic (exact) mass is 385 g/mol. The molecule has 138 valence electrons. The average molecular weight is 386 g/mol. The SMILES string of the molecule is CCn1nc(-c2ccccc2)c(C(C)=O)c(Nc2ccc(F)c(Cl)c2)c1=O. The third kappa shape index (κ3) is 3.75. The van der Waals surface area contributed by atoms with Crippen molar-refractivity contribution in [2.45, 2.75) is 20.4 Å². The lowest BCUT2D eigenvalue weighted by Gasteiger charge is -2.16. The van der Waals surface area contributed by atoms with E-state index in [1.54, 1.807) is 6.92 Å². The first-order chi connectivity index (χ1) is 12.9. The summed E-state index contributed by atoms with van der Waals surface area (Å²) in [7, 11) is 0. The second-order valence-electron chi connectivity index (χ2n) is 5.90. The number of carbonyl (C=O) groups excluding carboxylic acids is 1. The van der Waals surface area contributed by atoms with Crippen molar-refractivity contribution in [1.82, 2.24) is 9.78 Å². The molecule has 1 heterocycles. The standard InChI is InChI=1S/C20H17ClFN3O2/c1-3-25-20(27)19(23-14-9-10-16(22)15(21)11-14)17(12(2)26)18(24-25)13-7-5-4-6-8-13/h4-11,23H,3H2,1-2H3. The summed E-state index contributed by atoms with van der Waals surface area (Å²) >= 11 is 5.83. The fourth-order valence-corrected chi connectivity index (χ4v) is 2.94. The van der Waals surface area contributed by atoms with Crippen molar-refractivity contribution in [3.8, 4) is 11.3 Å². The zero-order valence-corrected chi connectivity index (χ0v) is 15.5. The number of benzene rings is 2. The Bertz CT molecular complexity index is 1060. The number of carbonyl (C=O) groups is 1. The highest BCUT2D eigenvalue weighted by atomic mass is 35.5. The lowest BCUT2D eigenvalue weighted by atomic mass is 10.0. The minimum Gasteiger partial charge on any atom is -0.350 e. The highest BCUT2D eigenvalue weighted by Gasteiger charge is 2.22. The van der Waals surface area contributed by atoms with Crippen LogP contribution in [0.15, 0.2) is 53.3 Å². The summed E-state index contributed by atoms with van der Waals surface area (Å²) in [4.78, 5) is 25.3. The summed E-state index contributed by atoms with van der Waals surface area (Å²) in [5.74, 6) is -0.878. The fraction of sp³-hybridized carbons (Fsp3) is 0.150. The van der Waals surface area contributed by atoms with E-state index >= 15 is 0 Å². The molecule has 3 aromatic rings. The van der Waals surface area contributed by atoms with Crippen LogP contribution < -0.4 is 10.9 Å². The van der Waals surface area contributed by atoms with Gasteiger partial charge in [0.15, 0.2) is 5.78 Å². The summed E-state index contributed by atoms with van der Waals surface area (Å²) in [6, 6.07) is 13.1. The number of hydrogen-bond donors (Lipinski definition) is 1. The number of Topliss-reactive ketones (excluding diaryl/α,β-unsaturated/α-hetero) is 1. The second-order valence-corrected chi connectivity index (χ2v) is 6.30. The Balaban J connectivity index is 2.26. The van der Waals surface area contributed by atoms with Gasteiger partial charge in [-0.25, -0.2) is 9.07 Å². The molecule has 0 spiro atoms. The highest BCUT2D eigenvalue weighted by Crippen LogP contribution is 2.28. The Morgan fingerprint density at radius 2 is 1.93 bits per heavy atom. The molecule has 0 saturated carbocycles. The predicted octanol–water partition coefficient (Wildman–Crippen LogP) is 4.67. The van der Waals surface area contributed by atoms with Crippen LogP contribution in [0.5, 0.6) is 0 Å². The molecule has 0 bridgehead atoms. The second kappa shape index (κ2) is 7.72. The maximum atomic E-state index is 13.4. The normalized spacial score (nSPS) is 10.7. The van der Waals surface area contributed by atoms with Crippen molar-refractivity contribution in [3.63, 3.8) is 0 Å². The van der Waals surface area contributed by atoms with Crippen LogP contribution in [0, 0.1) is 5.82 Å². The van der Waals surface area contributed by atoms with Crippen LogP contribution in [-0.4, -0.2) is 15.6 Å². The van der Waals surface area contributed by atoms with Gasteiger partial charge in [0, 0.05) is 17.8 Å². The number of nitrogens with one attached hydrogen (secondary N) is 1. The maximum absolute atomic E-state index is 13.4. The van der Waals surface area contributed by atoms with E-state index in [0.717, 1.165) is 0 Å². The number of anilines is 2. The Hall–Kier alpha value is -2.99. The van der Waals surface area contributed by atoms with Crippen LogP contribution in [0.3, 0.4) is 0 Å². The van der Waals surface area contributed by atoms with Gasteiger partial charge in [-0.1, -0.05) is 41.9 Å². The fourth-order valence-electron chi connectivity index (χ4n) is 2.76. The van der Waals surface area contributed by atoms with Gasteiger partial charge in [-0.3, -0.25) is 9.59 Å². The third-order valence-electron chi connectivity index (χ3n) is 4.04. The van der Waals surface area contributed by atoms with Crippen LogP contribution in [0.25, 0.3) is 11.3 Å². The molecule has 1 N–H and O–H groups in total. The summed E-state index contributed by atoms with van der Waals surface area (Å²) in [5, 5.41) is 7.22. The van der Waals surface area contributed by atoms with E-state index in [1.807, 2.05) is 30.3 Å². The van der Waals surface area contributed by atoms with E-state index in [0.29, 0.717) is 23.5 Å². The lowest BCUT2D eigenvalue weighted by Crippen LogP contribution is -2.28. The van der Waals surface area contributed by atoms with E-state index in [2.05, 4.69) is 10.4 Å². The number of aromatic nitrogens is 2. The minimum atomic E-state index is -0.570. The van der Waals surface area contributed by atoms with Gasteiger partial charge in [-0.2, -0.15) is 5.10 Å². The Kier molecular flexibility index (Phi) is 5.37. The Morgan fingerprint density at radius 1 is 1.22 bits per heavy atom. The molecular weight excluding hydrogens is 369 g/mol. The molecule has 0 aliphatic rings. The molecular formula is C20H17ClFN3O2. The predicted molar refractivity (Wildman–Crippen MR) is 104 cm³/mol. The highest BCUT2D eigenvalue weighted by molar-refractivity contribution is 6.31. The van der Waals surface area contributed by atoms with Crippen molar-refractivity contribution in [3.05, 3.63) is 75.3 Å². The third-order valence-corrected chi connectivity index (χ3v) is 4.33. The van der Waals surface area contributed by atoms with Crippen molar-refractivity contribution >= 4 is 28.8 Å². The lowest BCUT2D eigenvalue weighted by molar-refractivity contribution is 0.101. The van der Waals surface area contributed by atoms with Crippen molar-refractivity contribution < 1.29 is 9.18 Å². The quantitative estimate of drug-likeness (QED) is 0.648. The van der Waals surface area contributed by atoms with Crippen LogP contribution in [0.2, 0.25) is 5.02 Å². The van der Waals surface area contributed by atoms with Gasteiger partial charge in [0.1, 0.15) is 17.2 Å². The molecule has 27 heavy (non-hydrogen) atoms. The van der Waals surface area contributed by atoms with Crippen molar-refractivity contribution in [2.75, 3.05) is 5.32 Å². The first-order valence-corrected chi connectivity index (χ1v) is 8.73. The molecule has 7 heteroatoms. The van der Waals surface area contributed by atoms with Gasteiger partial charge in [0.2, 0.25) is 0 Å². The summed E-state index contributed by atoms with van der Waals surface area (Å²) < 4.78 is 14.7. The van der Waals surface area contributed by atoms with Crippen LogP contribution in [0.1, 0.15) is 24.2 Å². The number of hydrogen-bond acceptors (Lipinski definition) is 4. The van der Waals surface area contributed by atoms with Crippen LogP contribution in [-0.2, 0) is 6.54 Å². The Labute approximate surface area is 160 Å². The maximum Gasteiger partial charge on any atom is 0.291 e. The first-order valence-electron chi connectivity index (χ1n) is 8.36. The zero-order chi connectivity index (χ0) is 19.6. The molecule has 2 aromatic carbocycles. The zero-order valence-electron chi connectivity index (χ0n) is 14.8. The molecule has 0 saturated heterocycles. The van der Waals surface area contributed by atoms with E-state index in [1.165, 1.54) is 29.8 Å². The van der Waals surface area contributed by atoms with Crippen LogP contribution >= 0.6 is 11.6 Å². The van der Waals surface area contributed by atoms with Gasteiger partial charge < -0.3 is 5.32 Å².